The molecule has 0 aromatic heterocycles. The maximum Gasteiger partial charge on any atom is 0.159 e. The molecule has 0 radical (unpaired) electrons. The number of fused-ring (bicyclic) bond motifs is 10. The van der Waals surface area contributed by atoms with Gasteiger partial charge in [0.1, 0.15) is 0 Å². The van der Waals surface area contributed by atoms with Crippen molar-refractivity contribution in [3.05, 3.63) is 70.8 Å². The maximum atomic E-state index is 11.8. The summed E-state index contributed by atoms with van der Waals surface area (Å²) in [6.07, 6.45) is 6.15. The van der Waals surface area contributed by atoms with E-state index in [1.165, 1.54) is 34.2 Å². The van der Waals surface area contributed by atoms with Crippen LogP contribution >= 0.6 is 0 Å². The Morgan fingerprint density at radius 3 is 2.39 bits per heavy atom. The summed E-state index contributed by atoms with van der Waals surface area (Å²) in [5.74, 6) is 2.72. The Balaban J connectivity index is 1.81. The van der Waals surface area contributed by atoms with Crippen LogP contribution in [0.25, 0.3) is 11.1 Å². The Labute approximate surface area is 137 Å². The highest BCUT2D eigenvalue weighted by Crippen LogP contribution is 2.62. The quantitative estimate of drug-likeness (QED) is 0.519. The van der Waals surface area contributed by atoms with Crippen molar-refractivity contribution in [2.45, 2.75) is 32.1 Å². The molecule has 4 unspecified atom stereocenters. The minimum atomic E-state index is 0.149. The molecule has 0 spiro atoms. The topological polar surface area (TPSA) is 17.1 Å². The number of rotatable bonds is 1. The molecule has 1 saturated carbocycles. The number of benzene rings is 2. The lowest BCUT2D eigenvalue weighted by atomic mass is 9.67. The van der Waals surface area contributed by atoms with E-state index < -0.39 is 0 Å². The number of hydrogen-bond acceptors (Lipinski definition) is 1. The van der Waals surface area contributed by atoms with Gasteiger partial charge in [-0.3, -0.25) is 4.79 Å². The molecule has 5 rings (SSSR count). The Morgan fingerprint density at radius 2 is 1.65 bits per heavy atom. The number of Topliss-reactive ketones (excluding diaryl/α,β-unsaturated/α-hetero) is 1. The second-order valence-electron chi connectivity index (χ2n) is 7.45. The molecule has 2 aromatic rings. The van der Waals surface area contributed by atoms with E-state index in [1.807, 2.05) is 6.07 Å². The van der Waals surface area contributed by atoms with E-state index >= 15 is 0 Å². The maximum absolute atomic E-state index is 11.8. The molecule has 0 N–H and O–H groups in total. The summed E-state index contributed by atoms with van der Waals surface area (Å²) in [4.78, 5) is 11.8. The Morgan fingerprint density at radius 1 is 0.913 bits per heavy atom. The number of ketones is 1. The molecule has 2 aromatic carbocycles. The van der Waals surface area contributed by atoms with Crippen molar-refractivity contribution in [1.82, 2.24) is 0 Å². The summed E-state index contributed by atoms with van der Waals surface area (Å²) in [6.45, 7) is 3.84. The highest BCUT2D eigenvalue weighted by molar-refractivity contribution is 5.96. The van der Waals surface area contributed by atoms with Crippen LogP contribution < -0.4 is 0 Å². The first kappa shape index (κ1) is 13.3. The molecule has 1 heteroatoms. The van der Waals surface area contributed by atoms with Gasteiger partial charge < -0.3 is 0 Å². The van der Waals surface area contributed by atoms with E-state index in [2.05, 4.69) is 49.4 Å². The van der Waals surface area contributed by atoms with Crippen LogP contribution in [0.5, 0.6) is 0 Å². The van der Waals surface area contributed by atoms with Gasteiger partial charge >= 0.3 is 0 Å². The van der Waals surface area contributed by atoms with Crippen LogP contribution in [0.2, 0.25) is 0 Å². The molecule has 1 fully saturated rings. The lowest BCUT2D eigenvalue weighted by Gasteiger charge is -2.37. The summed E-state index contributed by atoms with van der Waals surface area (Å²) in [5.41, 5.74) is 7.74. The molecule has 0 amide bonds. The first-order chi connectivity index (χ1) is 11.1. The van der Waals surface area contributed by atoms with Gasteiger partial charge in [-0.2, -0.15) is 0 Å². The van der Waals surface area contributed by atoms with Crippen molar-refractivity contribution in [2.24, 2.45) is 11.8 Å². The van der Waals surface area contributed by atoms with Crippen LogP contribution in [0.3, 0.4) is 0 Å². The summed E-state index contributed by atoms with van der Waals surface area (Å²) < 4.78 is 0. The molecule has 23 heavy (non-hydrogen) atoms. The molecule has 3 aliphatic rings. The molecule has 0 heterocycles. The van der Waals surface area contributed by atoms with Crippen molar-refractivity contribution in [3.63, 3.8) is 0 Å². The molecule has 2 bridgehead atoms. The normalized spacial score (nSPS) is 29.1. The third kappa shape index (κ3) is 1.71. The Bertz CT molecular complexity index is 874. The summed E-state index contributed by atoms with van der Waals surface area (Å²) in [6, 6.07) is 13.2. The van der Waals surface area contributed by atoms with Crippen LogP contribution in [0, 0.1) is 18.8 Å². The average Bonchev–Trinajstić information content (AvgIpc) is 3.16. The van der Waals surface area contributed by atoms with Crippen LogP contribution in [0.15, 0.2) is 48.6 Å². The van der Waals surface area contributed by atoms with Crippen LogP contribution in [-0.4, -0.2) is 5.78 Å². The van der Waals surface area contributed by atoms with Crippen LogP contribution in [0.1, 0.15) is 52.2 Å². The van der Waals surface area contributed by atoms with Crippen LogP contribution in [-0.2, 0) is 0 Å². The monoisotopic (exact) mass is 300 g/mol. The smallest absolute Gasteiger partial charge is 0.159 e. The number of hydrogen-bond donors (Lipinski definition) is 0. The van der Waals surface area contributed by atoms with Crippen molar-refractivity contribution in [1.29, 1.82) is 0 Å². The van der Waals surface area contributed by atoms with Crippen molar-refractivity contribution < 1.29 is 4.79 Å². The van der Waals surface area contributed by atoms with Gasteiger partial charge in [-0.05, 0) is 72.3 Å². The summed E-state index contributed by atoms with van der Waals surface area (Å²) in [5, 5.41) is 0. The summed E-state index contributed by atoms with van der Waals surface area (Å²) >= 11 is 0. The first-order valence-electron chi connectivity index (χ1n) is 8.57. The minimum Gasteiger partial charge on any atom is -0.295 e. The summed E-state index contributed by atoms with van der Waals surface area (Å²) in [7, 11) is 0. The third-order valence-corrected chi connectivity index (χ3v) is 6.13. The predicted molar refractivity (Wildman–Crippen MR) is 92.8 cm³/mol. The highest BCUT2D eigenvalue weighted by Gasteiger charge is 2.49. The molecule has 1 nitrogen and oxygen atoms in total. The lowest BCUT2D eigenvalue weighted by Crippen LogP contribution is -2.22. The SMILES string of the molecule is CC(=O)c1ccc2c(c1)-c1ccc(C)cc1C1C3C=CC(C3)C21. The number of carbonyl (C=O) groups excluding carboxylic acids is 1. The van der Waals surface area contributed by atoms with Crippen molar-refractivity contribution in [3.8, 4) is 11.1 Å². The van der Waals surface area contributed by atoms with Gasteiger partial charge in [0.05, 0.1) is 0 Å². The van der Waals surface area contributed by atoms with E-state index in [1.54, 1.807) is 6.92 Å². The molecule has 114 valence electrons. The van der Waals surface area contributed by atoms with Gasteiger partial charge in [-0.15, -0.1) is 0 Å². The second kappa shape index (κ2) is 4.44. The predicted octanol–water partition coefficient (Wildman–Crippen LogP) is 5.25. The largest absolute Gasteiger partial charge is 0.295 e. The van der Waals surface area contributed by atoms with E-state index in [0.717, 1.165) is 5.56 Å². The molecule has 3 aliphatic carbocycles. The second-order valence-corrected chi connectivity index (χ2v) is 7.45. The number of aryl methyl sites for hydroxylation is 1. The first-order valence-corrected chi connectivity index (χ1v) is 8.57. The van der Waals surface area contributed by atoms with E-state index in [-0.39, 0.29) is 5.78 Å². The van der Waals surface area contributed by atoms with E-state index in [0.29, 0.717) is 23.7 Å². The van der Waals surface area contributed by atoms with Gasteiger partial charge in [0.25, 0.3) is 0 Å². The number of allylic oxidation sites excluding steroid dienone is 2. The Hall–Kier alpha value is -2.15. The van der Waals surface area contributed by atoms with E-state index in [9.17, 15) is 4.79 Å². The van der Waals surface area contributed by atoms with Gasteiger partial charge in [0.2, 0.25) is 0 Å². The fourth-order valence-electron chi connectivity index (χ4n) is 5.17. The molecular formula is C22H20O. The average molecular weight is 300 g/mol. The molecule has 0 aliphatic heterocycles. The van der Waals surface area contributed by atoms with Gasteiger partial charge in [0.15, 0.2) is 5.78 Å². The zero-order valence-corrected chi connectivity index (χ0v) is 13.5. The third-order valence-electron chi connectivity index (χ3n) is 6.13. The van der Waals surface area contributed by atoms with Crippen LogP contribution in [0.4, 0.5) is 0 Å². The van der Waals surface area contributed by atoms with Crippen molar-refractivity contribution in [2.75, 3.05) is 0 Å². The molecular weight excluding hydrogens is 280 g/mol. The van der Waals surface area contributed by atoms with Crippen molar-refractivity contribution >= 4 is 5.78 Å². The van der Waals surface area contributed by atoms with Gasteiger partial charge in [-0.25, -0.2) is 0 Å². The lowest BCUT2D eigenvalue weighted by molar-refractivity contribution is 0.101. The standard InChI is InChI=1S/C22H20O/c1-12-3-7-17-19-11-14(13(2)23)6-8-18(19)21-15-4-5-16(10-15)22(21)20(17)9-12/h3-9,11,15-16,21-22H,10H2,1-2H3. The Kier molecular flexibility index (Phi) is 2.57. The molecule has 4 atom stereocenters. The molecule has 0 saturated heterocycles. The minimum absolute atomic E-state index is 0.149. The fraction of sp³-hybridized carbons (Fsp3) is 0.318. The van der Waals surface area contributed by atoms with Gasteiger partial charge in [0, 0.05) is 5.56 Å². The zero-order valence-electron chi connectivity index (χ0n) is 13.5. The zero-order chi connectivity index (χ0) is 15.7. The van der Waals surface area contributed by atoms with E-state index in [4.69, 9.17) is 0 Å². The van der Waals surface area contributed by atoms with Gasteiger partial charge in [-0.1, -0.05) is 48.0 Å². The number of carbonyl (C=O) groups is 1. The highest BCUT2D eigenvalue weighted by atomic mass is 16.1. The fourth-order valence-corrected chi connectivity index (χ4v) is 5.17.